The first-order valence-corrected chi connectivity index (χ1v) is 10.7. The first-order valence-electron chi connectivity index (χ1n) is 8.45. The minimum atomic E-state index is -3.38. The number of benzene rings is 2. The van der Waals surface area contributed by atoms with Crippen LogP contribution in [-0.2, 0) is 14.6 Å². The number of halogens is 1. The summed E-state index contributed by atoms with van der Waals surface area (Å²) < 4.78 is 34.4. The molecule has 2 aromatic carbocycles. The lowest BCUT2D eigenvalue weighted by molar-refractivity contribution is -0.116. The molecule has 0 aliphatic heterocycles. The predicted octanol–water partition coefficient (Wildman–Crippen LogP) is 3.94. The van der Waals surface area contributed by atoms with Crippen LogP contribution in [0.3, 0.4) is 0 Å². The maximum atomic E-state index is 12.1. The maximum Gasteiger partial charge on any atom is 0.224 e. The Kier molecular flexibility index (Phi) is 7.50. The van der Waals surface area contributed by atoms with Gasteiger partial charge in [-0.05, 0) is 43.7 Å². The third kappa shape index (κ3) is 6.45. The quantitative estimate of drug-likeness (QED) is 0.632. The molecular formula is C19H22ClNO5S. The van der Waals surface area contributed by atoms with E-state index in [9.17, 15) is 13.2 Å². The molecule has 0 bridgehead atoms. The van der Waals surface area contributed by atoms with Gasteiger partial charge in [-0.25, -0.2) is 8.42 Å². The second-order valence-electron chi connectivity index (χ2n) is 5.79. The van der Waals surface area contributed by atoms with Crippen molar-refractivity contribution in [2.24, 2.45) is 0 Å². The van der Waals surface area contributed by atoms with Crippen molar-refractivity contribution in [1.29, 1.82) is 0 Å². The van der Waals surface area contributed by atoms with Crippen LogP contribution in [0.2, 0.25) is 5.02 Å². The monoisotopic (exact) mass is 411 g/mol. The molecule has 0 aromatic heterocycles. The summed E-state index contributed by atoms with van der Waals surface area (Å²) in [6, 6.07) is 11.5. The van der Waals surface area contributed by atoms with Gasteiger partial charge in [0, 0.05) is 12.7 Å². The zero-order valence-corrected chi connectivity index (χ0v) is 16.8. The zero-order chi connectivity index (χ0) is 19.9. The summed E-state index contributed by atoms with van der Waals surface area (Å²) in [5, 5.41) is 2.91. The molecule has 2 rings (SSSR count). The van der Waals surface area contributed by atoms with Gasteiger partial charge in [0.15, 0.2) is 21.3 Å². The summed E-state index contributed by atoms with van der Waals surface area (Å²) in [6.07, 6.45) is 1.78. The molecule has 0 aliphatic rings. The number of sulfone groups is 1. The molecule has 146 valence electrons. The summed E-state index contributed by atoms with van der Waals surface area (Å²) in [5.41, 5.74) is 0.271. The van der Waals surface area contributed by atoms with Crippen LogP contribution in [0.15, 0.2) is 47.4 Å². The van der Waals surface area contributed by atoms with Gasteiger partial charge in [0.25, 0.3) is 0 Å². The van der Waals surface area contributed by atoms with Crippen molar-refractivity contribution >= 4 is 33.0 Å². The molecule has 1 amide bonds. The number of rotatable bonds is 9. The summed E-state index contributed by atoms with van der Waals surface area (Å²) in [7, 11) is -3.38. The highest BCUT2D eigenvalue weighted by Gasteiger charge is 2.12. The van der Waals surface area contributed by atoms with Crippen molar-refractivity contribution in [3.8, 4) is 11.5 Å². The Morgan fingerprint density at radius 1 is 1.11 bits per heavy atom. The van der Waals surface area contributed by atoms with E-state index < -0.39 is 9.84 Å². The number of amides is 1. The second-order valence-corrected chi connectivity index (χ2v) is 8.22. The first-order chi connectivity index (χ1) is 12.8. The van der Waals surface area contributed by atoms with Crippen LogP contribution in [0.5, 0.6) is 11.5 Å². The lowest BCUT2D eigenvalue weighted by Gasteiger charge is -2.12. The molecule has 0 atom stereocenters. The minimum absolute atomic E-state index is 0.0954. The number of carbonyl (C=O) groups excluding carboxylic acids is 1. The van der Waals surface area contributed by atoms with Crippen LogP contribution in [0.4, 0.5) is 5.69 Å². The predicted molar refractivity (Wildman–Crippen MR) is 106 cm³/mol. The van der Waals surface area contributed by atoms with E-state index in [1.54, 1.807) is 0 Å². The highest BCUT2D eigenvalue weighted by Crippen LogP contribution is 2.27. The largest absolute Gasteiger partial charge is 0.490 e. The third-order valence-corrected chi connectivity index (χ3v) is 5.03. The van der Waals surface area contributed by atoms with Crippen molar-refractivity contribution in [3.05, 3.63) is 47.5 Å². The average molecular weight is 412 g/mol. The van der Waals surface area contributed by atoms with E-state index in [0.29, 0.717) is 31.1 Å². The molecule has 1 N–H and O–H groups in total. The Hall–Kier alpha value is -2.25. The molecule has 0 fully saturated rings. The van der Waals surface area contributed by atoms with Crippen molar-refractivity contribution in [2.45, 2.75) is 24.7 Å². The lowest BCUT2D eigenvalue weighted by Crippen LogP contribution is -2.13. The van der Waals surface area contributed by atoms with Gasteiger partial charge in [0.1, 0.15) is 0 Å². The Morgan fingerprint density at radius 3 is 2.41 bits per heavy atom. The highest BCUT2D eigenvalue weighted by atomic mass is 35.5. The van der Waals surface area contributed by atoms with Crippen molar-refractivity contribution in [2.75, 3.05) is 24.8 Å². The summed E-state index contributed by atoms with van der Waals surface area (Å²) >= 11 is 6.03. The highest BCUT2D eigenvalue weighted by molar-refractivity contribution is 7.90. The topological polar surface area (TPSA) is 81.7 Å². The molecule has 27 heavy (non-hydrogen) atoms. The number of carbonyl (C=O) groups is 1. The van der Waals surface area contributed by atoms with Crippen LogP contribution in [0, 0.1) is 0 Å². The minimum Gasteiger partial charge on any atom is -0.490 e. The summed E-state index contributed by atoms with van der Waals surface area (Å²) in [5.74, 6) is 1.02. The van der Waals surface area contributed by atoms with E-state index in [-0.39, 0.29) is 27.9 Å². The zero-order valence-electron chi connectivity index (χ0n) is 15.2. The molecule has 0 unspecified atom stereocenters. The van der Waals surface area contributed by atoms with E-state index in [2.05, 4.69) is 5.32 Å². The molecule has 0 aliphatic carbocycles. The van der Waals surface area contributed by atoms with E-state index in [1.807, 2.05) is 31.2 Å². The molecule has 0 heterocycles. The molecule has 0 saturated carbocycles. The van der Waals surface area contributed by atoms with Gasteiger partial charge in [-0.15, -0.1) is 0 Å². The molecule has 0 radical (unpaired) electrons. The van der Waals surface area contributed by atoms with E-state index in [0.717, 1.165) is 6.26 Å². The van der Waals surface area contributed by atoms with Crippen LogP contribution >= 0.6 is 11.6 Å². The number of anilines is 1. The maximum absolute atomic E-state index is 12.1. The standard InChI is InChI=1S/C19H22ClNO5S/c1-3-25-17-7-4-5-8-18(17)26-12-6-9-19(22)21-16-13-14(27(2,23)24)10-11-15(16)20/h4-5,7-8,10-11,13H,3,6,9,12H2,1-2H3,(H,21,22). The lowest BCUT2D eigenvalue weighted by atomic mass is 10.2. The second kappa shape index (κ2) is 9.62. The number of para-hydroxylation sites is 2. The fraction of sp³-hybridized carbons (Fsp3) is 0.316. The average Bonchev–Trinajstić information content (AvgIpc) is 2.61. The van der Waals surface area contributed by atoms with Crippen LogP contribution < -0.4 is 14.8 Å². The molecular weight excluding hydrogens is 390 g/mol. The van der Waals surface area contributed by atoms with Crippen molar-refractivity contribution < 1.29 is 22.7 Å². The van der Waals surface area contributed by atoms with Gasteiger partial charge >= 0.3 is 0 Å². The summed E-state index contributed by atoms with van der Waals surface area (Å²) in [6.45, 7) is 2.77. The van der Waals surface area contributed by atoms with Crippen molar-refractivity contribution in [3.63, 3.8) is 0 Å². The van der Waals surface area contributed by atoms with Crippen molar-refractivity contribution in [1.82, 2.24) is 0 Å². The van der Waals surface area contributed by atoms with E-state index >= 15 is 0 Å². The third-order valence-electron chi connectivity index (χ3n) is 3.59. The number of hydrogen-bond acceptors (Lipinski definition) is 5. The molecule has 0 spiro atoms. The van der Waals surface area contributed by atoms with Crippen LogP contribution in [0.1, 0.15) is 19.8 Å². The van der Waals surface area contributed by atoms with E-state index in [4.69, 9.17) is 21.1 Å². The Balaban J connectivity index is 1.87. The molecule has 6 nitrogen and oxygen atoms in total. The Morgan fingerprint density at radius 2 is 1.78 bits per heavy atom. The van der Waals surface area contributed by atoms with Gasteiger partial charge in [0.05, 0.1) is 28.8 Å². The normalized spacial score (nSPS) is 11.1. The van der Waals surface area contributed by atoms with Gasteiger partial charge < -0.3 is 14.8 Å². The van der Waals surface area contributed by atoms with Gasteiger partial charge in [0.2, 0.25) is 5.91 Å². The Labute approximate surface area is 164 Å². The van der Waals surface area contributed by atoms with Gasteiger partial charge in [-0.1, -0.05) is 23.7 Å². The number of nitrogens with one attached hydrogen (secondary N) is 1. The number of hydrogen-bond donors (Lipinski definition) is 1. The molecule has 2 aromatic rings. The fourth-order valence-electron chi connectivity index (χ4n) is 2.30. The fourth-order valence-corrected chi connectivity index (χ4v) is 3.11. The SMILES string of the molecule is CCOc1ccccc1OCCCC(=O)Nc1cc(S(C)(=O)=O)ccc1Cl. The Bertz CT molecular complexity index is 899. The summed E-state index contributed by atoms with van der Waals surface area (Å²) in [4.78, 5) is 12.2. The smallest absolute Gasteiger partial charge is 0.224 e. The van der Waals surface area contributed by atoms with Gasteiger partial charge in [-0.3, -0.25) is 4.79 Å². The van der Waals surface area contributed by atoms with Crippen LogP contribution in [0.25, 0.3) is 0 Å². The number of ether oxygens (including phenoxy) is 2. The van der Waals surface area contributed by atoms with Gasteiger partial charge in [-0.2, -0.15) is 0 Å². The van der Waals surface area contributed by atoms with Crippen LogP contribution in [-0.4, -0.2) is 33.8 Å². The molecule has 0 saturated heterocycles. The van der Waals surface area contributed by atoms with E-state index in [1.165, 1.54) is 18.2 Å². The first kappa shape index (κ1) is 21.1. The molecule has 8 heteroatoms.